The molecule has 2 atom stereocenters. The van der Waals surface area contributed by atoms with Crippen LogP contribution < -0.4 is 4.74 Å². The number of benzene rings is 3. The number of Topliss-reactive ketones (excluding diaryl/α,β-unsaturated/α-hetero) is 1. The van der Waals surface area contributed by atoms with Crippen LogP contribution in [0.4, 0.5) is 5.69 Å². The van der Waals surface area contributed by atoms with Crippen LogP contribution in [0.15, 0.2) is 72.8 Å². The fraction of sp³-hybridized carbons (Fsp3) is 0.258. The average molecular weight is 570 g/mol. The van der Waals surface area contributed by atoms with Gasteiger partial charge in [-0.3, -0.25) is 29.3 Å². The maximum Gasteiger partial charge on any atom is 0.343 e. The summed E-state index contributed by atoms with van der Waals surface area (Å²) in [5, 5.41) is 12.7. The van der Waals surface area contributed by atoms with Crippen LogP contribution in [0.5, 0.6) is 5.75 Å². The van der Waals surface area contributed by atoms with Crippen molar-refractivity contribution in [2.24, 2.45) is 11.8 Å². The Morgan fingerprint density at radius 1 is 0.833 bits per heavy atom. The van der Waals surface area contributed by atoms with E-state index >= 15 is 0 Å². The number of nitro groups is 1. The van der Waals surface area contributed by atoms with Gasteiger partial charge in [-0.15, -0.1) is 0 Å². The summed E-state index contributed by atoms with van der Waals surface area (Å²) in [5.41, 5.74) is 1.25. The normalized spacial score (nSPS) is 17.9. The van der Waals surface area contributed by atoms with Crippen molar-refractivity contribution in [2.75, 3.05) is 6.54 Å². The number of fused-ring (bicyclic) bond motifs is 1. The molecule has 42 heavy (non-hydrogen) atoms. The Hall–Kier alpha value is -5.19. The molecule has 0 bridgehead atoms. The van der Waals surface area contributed by atoms with Gasteiger partial charge in [0.1, 0.15) is 12.3 Å². The monoisotopic (exact) mass is 569 g/mol. The van der Waals surface area contributed by atoms with E-state index in [9.17, 15) is 34.1 Å². The van der Waals surface area contributed by atoms with E-state index in [1.807, 2.05) is 6.92 Å². The minimum atomic E-state index is -0.817. The first-order chi connectivity index (χ1) is 20.1. The number of aryl methyl sites for hydroxylation is 1. The van der Waals surface area contributed by atoms with E-state index in [-0.39, 0.29) is 22.6 Å². The quantitative estimate of drug-likeness (QED) is 0.0961. The third kappa shape index (κ3) is 5.67. The van der Waals surface area contributed by atoms with Crippen molar-refractivity contribution < 1.29 is 33.6 Å². The highest BCUT2D eigenvalue weighted by Crippen LogP contribution is 2.39. The average Bonchev–Trinajstić information content (AvgIpc) is 3.25. The molecule has 0 spiro atoms. The molecule has 0 radical (unpaired) electrons. The van der Waals surface area contributed by atoms with Gasteiger partial charge in [0.2, 0.25) is 0 Å². The van der Waals surface area contributed by atoms with Crippen molar-refractivity contribution in [2.45, 2.75) is 32.6 Å². The highest BCUT2D eigenvalue weighted by molar-refractivity contribution is 6.09. The van der Waals surface area contributed by atoms with E-state index < -0.39 is 52.8 Å². The van der Waals surface area contributed by atoms with Crippen molar-refractivity contribution in [1.29, 1.82) is 0 Å². The number of imide groups is 1. The molecule has 1 heterocycles. The molecule has 11 nitrogen and oxygen atoms in total. The molecule has 1 aliphatic heterocycles. The molecule has 214 valence electrons. The number of hydrogen-bond donors (Lipinski definition) is 0. The summed E-state index contributed by atoms with van der Waals surface area (Å²) in [4.78, 5) is 76.5. The van der Waals surface area contributed by atoms with Crippen molar-refractivity contribution in [3.63, 3.8) is 0 Å². The van der Waals surface area contributed by atoms with Gasteiger partial charge < -0.3 is 4.74 Å². The first-order valence-corrected chi connectivity index (χ1v) is 13.5. The van der Waals surface area contributed by atoms with Crippen LogP contribution in [0, 0.1) is 28.9 Å². The van der Waals surface area contributed by atoms with E-state index in [1.54, 1.807) is 24.3 Å². The van der Waals surface area contributed by atoms with Crippen molar-refractivity contribution in [3.8, 4) is 5.75 Å². The molecule has 3 amide bonds. The fourth-order valence-electron chi connectivity index (χ4n) is 5.28. The molecule has 0 N–H and O–H groups in total. The molecule has 0 unspecified atom stereocenters. The number of rotatable bonds is 8. The molecule has 0 aromatic heterocycles. The molecule has 1 saturated heterocycles. The van der Waals surface area contributed by atoms with Crippen LogP contribution in [0.1, 0.15) is 62.3 Å². The van der Waals surface area contributed by atoms with E-state index in [4.69, 9.17) is 4.74 Å². The van der Waals surface area contributed by atoms with Gasteiger partial charge in [-0.05, 0) is 68.3 Å². The molecule has 5 rings (SSSR count). The van der Waals surface area contributed by atoms with Gasteiger partial charge in [-0.1, -0.05) is 30.5 Å². The first-order valence-electron chi connectivity index (χ1n) is 13.5. The first kappa shape index (κ1) is 28.3. The molecule has 3 aromatic carbocycles. The van der Waals surface area contributed by atoms with Gasteiger partial charge in [0.25, 0.3) is 23.4 Å². The third-order valence-corrected chi connectivity index (χ3v) is 7.59. The predicted molar refractivity (Wildman–Crippen MR) is 148 cm³/mol. The summed E-state index contributed by atoms with van der Waals surface area (Å²) >= 11 is 0. The Bertz CT molecular complexity index is 1540. The third-order valence-electron chi connectivity index (χ3n) is 7.59. The molecular weight excluding hydrogens is 542 g/mol. The van der Waals surface area contributed by atoms with E-state index in [2.05, 4.69) is 0 Å². The summed E-state index contributed by atoms with van der Waals surface area (Å²) in [6.07, 6.45) is 2.60. The minimum absolute atomic E-state index is 0.0257. The SMILES string of the molecule is Cc1ccc(C(=O)Oc2ccc(C(=O)CN(C(=O)c3ccc([N+](=O)[O-])cc3)N3C(=O)[C@H]4CCCC[C@H]4C3=O)cc2)cc1. The Morgan fingerprint density at radius 2 is 1.36 bits per heavy atom. The number of esters is 1. The number of amides is 3. The van der Waals surface area contributed by atoms with Gasteiger partial charge in [-0.25, -0.2) is 9.80 Å². The second-order valence-electron chi connectivity index (χ2n) is 10.4. The lowest BCUT2D eigenvalue weighted by atomic mass is 9.81. The topological polar surface area (TPSA) is 144 Å². The summed E-state index contributed by atoms with van der Waals surface area (Å²) < 4.78 is 5.38. The van der Waals surface area contributed by atoms with E-state index in [0.29, 0.717) is 18.4 Å². The summed E-state index contributed by atoms with van der Waals surface area (Å²) in [7, 11) is 0. The van der Waals surface area contributed by atoms with Crippen molar-refractivity contribution in [3.05, 3.63) is 105 Å². The maximum atomic E-state index is 13.6. The highest BCUT2D eigenvalue weighted by Gasteiger charge is 2.51. The van der Waals surface area contributed by atoms with Crippen LogP contribution in [-0.4, -0.2) is 51.0 Å². The number of ether oxygens (including phenoxy) is 1. The summed E-state index contributed by atoms with van der Waals surface area (Å²) in [6.45, 7) is 1.27. The number of carbonyl (C=O) groups excluding carboxylic acids is 5. The summed E-state index contributed by atoms with van der Waals surface area (Å²) in [6, 6.07) is 17.3. The van der Waals surface area contributed by atoms with Gasteiger partial charge in [-0.2, -0.15) is 5.01 Å². The smallest absolute Gasteiger partial charge is 0.343 e. The largest absolute Gasteiger partial charge is 0.423 e. The van der Waals surface area contributed by atoms with Gasteiger partial charge >= 0.3 is 5.97 Å². The Labute approximate surface area is 240 Å². The van der Waals surface area contributed by atoms with Gasteiger partial charge in [0.05, 0.1) is 22.3 Å². The number of nitrogens with zero attached hydrogens (tertiary/aromatic N) is 3. The lowest BCUT2D eigenvalue weighted by molar-refractivity contribution is -0.384. The molecule has 3 aromatic rings. The Balaban J connectivity index is 1.37. The molecule has 1 saturated carbocycles. The zero-order valence-electron chi connectivity index (χ0n) is 22.7. The highest BCUT2D eigenvalue weighted by atomic mass is 16.6. The van der Waals surface area contributed by atoms with E-state index in [1.165, 1.54) is 36.4 Å². The lowest BCUT2D eigenvalue weighted by Gasteiger charge is -2.30. The molecule has 11 heteroatoms. The minimum Gasteiger partial charge on any atom is -0.423 e. The predicted octanol–water partition coefficient (Wildman–Crippen LogP) is 4.54. The Morgan fingerprint density at radius 3 is 1.90 bits per heavy atom. The summed E-state index contributed by atoms with van der Waals surface area (Å²) in [5.74, 6) is -3.95. The number of ketones is 1. The van der Waals surface area contributed by atoms with Gasteiger partial charge in [0, 0.05) is 23.3 Å². The van der Waals surface area contributed by atoms with Crippen LogP contribution in [0.25, 0.3) is 0 Å². The second kappa shape index (κ2) is 11.7. The number of nitro benzene ring substituents is 1. The molecule has 1 aliphatic carbocycles. The van der Waals surface area contributed by atoms with E-state index in [0.717, 1.165) is 40.6 Å². The lowest BCUT2D eigenvalue weighted by Crippen LogP contribution is -2.52. The van der Waals surface area contributed by atoms with Crippen molar-refractivity contribution in [1.82, 2.24) is 10.0 Å². The number of carbonyl (C=O) groups is 5. The zero-order valence-corrected chi connectivity index (χ0v) is 22.7. The molecule has 2 aliphatic rings. The Kier molecular flexibility index (Phi) is 7.92. The van der Waals surface area contributed by atoms with Crippen molar-refractivity contribution >= 4 is 35.2 Å². The van der Waals surface area contributed by atoms with Crippen LogP contribution in [0.2, 0.25) is 0 Å². The van der Waals surface area contributed by atoms with Gasteiger partial charge in [0.15, 0.2) is 5.78 Å². The number of hydrogen-bond acceptors (Lipinski definition) is 8. The fourth-order valence-corrected chi connectivity index (χ4v) is 5.28. The number of non-ortho nitro benzene ring substituents is 1. The number of hydrazine groups is 1. The molecular formula is C31H27N3O8. The zero-order chi connectivity index (χ0) is 30.0. The van der Waals surface area contributed by atoms with Crippen LogP contribution in [0.3, 0.4) is 0 Å². The molecule has 2 fully saturated rings. The second-order valence-corrected chi connectivity index (χ2v) is 10.4. The maximum absolute atomic E-state index is 13.6. The van der Waals surface area contributed by atoms with Crippen LogP contribution in [-0.2, 0) is 9.59 Å². The van der Waals surface area contributed by atoms with Crippen LogP contribution >= 0.6 is 0 Å². The standard InChI is InChI=1S/C31H27N3O8/c1-19-6-8-22(9-7-19)31(39)42-24-16-12-20(13-17-24)27(35)18-32(28(36)21-10-14-23(15-11-21)34(40)41)33-29(37)25-4-2-3-5-26(25)30(33)38/h6-17,25-26H,2-5,18H2,1H3/t25-,26+.